The van der Waals surface area contributed by atoms with E-state index in [0.717, 1.165) is 43.9 Å². The van der Waals surface area contributed by atoms with Gasteiger partial charge in [-0.2, -0.15) is 5.10 Å². The molecule has 0 aromatic carbocycles. The third-order valence-corrected chi connectivity index (χ3v) is 4.75. The Kier molecular flexibility index (Phi) is 3.54. The molecule has 1 aromatic heterocycles. The first kappa shape index (κ1) is 13.6. The molecule has 5 nitrogen and oxygen atoms in total. The fourth-order valence-electron chi connectivity index (χ4n) is 3.74. The quantitative estimate of drug-likeness (QED) is 0.842. The number of hydrogen-bond donors (Lipinski definition) is 1. The van der Waals surface area contributed by atoms with Crippen molar-refractivity contribution in [1.82, 2.24) is 20.0 Å². The molecule has 1 unspecified atom stereocenters. The largest absolute Gasteiger partial charge is 0.338 e. The van der Waals surface area contributed by atoms with Gasteiger partial charge in [-0.15, -0.1) is 0 Å². The Morgan fingerprint density at radius 2 is 2.20 bits per heavy atom. The third kappa shape index (κ3) is 2.46. The summed E-state index contributed by atoms with van der Waals surface area (Å²) in [6.07, 6.45) is 6.68. The summed E-state index contributed by atoms with van der Waals surface area (Å²) in [5.41, 5.74) is 1.90. The van der Waals surface area contributed by atoms with E-state index in [1.165, 1.54) is 19.3 Å². The monoisotopic (exact) mass is 276 g/mol. The van der Waals surface area contributed by atoms with Crippen LogP contribution in [0.4, 0.5) is 0 Å². The summed E-state index contributed by atoms with van der Waals surface area (Å²) in [6.45, 7) is 5.87. The van der Waals surface area contributed by atoms with Crippen molar-refractivity contribution in [2.45, 2.75) is 32.6 Å². The van der Waals surface area contributed by atoms with Gasteiger partial charge in [0, 0.05) is 38.3 Å². The highest BCUT2D eigenvalue weighted by molar-refractivity contribution is 5.95. The minimum atomic E-state index is 0.153. The van der Waals surface area contributed by atoms with Gasteiger partial charge in [0.2, 0.25) is 0 Å². The smallest absolute Gasteiger partial charge is 0.257 e. The van der Waals surface area contributed by atoms with Crippen LogP contribution in [0.3, 0.4) is 0 Å². The van der Waals surface area contributed by atoms with E-state index in [0.29, 0.717) is 5.41 Å². The molecule has 110 valence electrons. The molecule has 1 spiro atoms. The fraction of sp³-hybridized carbons (Fsp3) is 0.733. The molecule has 3 heterocycles. The second-order valence-electron chi connectivity index (χ2n) is 6.41. The lowest BCUT2D eigenvalue weighted by Crippen LogP contribution is -2.52. The van der Waals surface area contributed by atoms with Crippen molar-refractivity contribution in [2.75, 3.05) is 26.2 Å². The van der Waals surface area contributed by atoms with Crippen molar-refractivity contribution < 1.29 is 4.79 Å². The van der Waals surface area contributed by atoms with Crippen LogP contribution in [-0.4, -0.2) is 46.8 Å². The molecule has 2 saturated heterocycles. The van der Waals surface area contributed by atoms with Crippen molar-refractivity contribution in [3.05, 3.63) is 17.5 Å². The van der Waals surface area contributed by atoms with Gasteiger partial charge in [-0.05, 0) is 39.2 Å². The summed E-state index contributed by atoms with van der Waals surface area (Å²) in [5.74, 6) is 0.153. The minimum absolute atomic E-state index is 0.153. The predicted octanol–water partition coefficient (Wildman–Crippen LogP) is 1.33. The molecule has 3 rings (SSSR count). The molecule has 2 aliphatic heterocycles. The van der Waals surface area contributed by atoms with Crippen LogP contribution in [0.5, 0.6) is 0 Å². The van der Waals surface area contributed by atoms with Crippen LogP contribution in [-0.2, 0) is 7.05 Å². The fourth-order valence-corrected chi connectivity index (χ4v) is 3.74. The standard InChI is InChI=1S/C15H24N4O/c1-12-13(9-18(2)17-12)14(20)19-8-4-6-15(11-19)5-3-7-16-10-15/h9,16H,3-8,10-11H2,1-2H3. The summed E-state index contributed by atoms with van der Waals surface area (Å²) < 4.78 is 1.73. The maximum absolute atomic E-state index is 12.7. The normalized spacial score (nSPS) is 27.0. The van der Waals surface area contributed by atoms with E-state index in [4.69, 9.17) is 0 Å². The van der Waals surface area contributed by atoms with E-state index in [2.05, 4.69) is 10.4 Å². The number of amides is 1. The molecule has 5 heteroatoms. The van der Waals surface area contributed by atoms with E-state index in [-0.39, 0.29) is 5.91 Å². The summed E-state index contributed by atoms with van der Waals surface area (Å²) in [6, 6.07) is 0. The van der Waals surface area contributed by atoms with Gasteiger partial charge < -0.3 is 10.2 Å². The number of piperidine rings is 2. The Morgan fingerprint density at radius 3 is 2.85 bits per heavy atom. The first-order valence-corrected chi connectivity index (χ1v) is 7.60. The summed E-state index contributed by atoms with van der Waals surface area (Å²) in [7, 11) is 1.87. The Labute approximate surface area is 120 Å². The molecular formula is C15H24N4O. The van der Waals surface area contributed by atoms with Crippen molar-refractivity contribution in [2.24, 2.45) is 12.5 Å². The Hall–Kier alpha value is -1.36. The molecule has 0 bridgehead atoms. The lowest BCUT2D eigenvalue weighted by atomic mass is 9.74. The number of likely N-dealkylation sites (tertiary alicyclic amines) is 1. The number of aryl methyl sites for hydroxylation is 2. The van der Waals surface area contributed by atoms with Crippen LogP contribution in [0.1, 0.15) is 41.7 Å². The second-order valence-corrected chi connectivity index (χ2v) is 6.41. The topological polar surface area (TPSA) is 50.2 Å². The van der Waals surface area contributed by atoms with Crippen LogP contribution in [0.25, 0.3) is 0 Å². The maximum atomic E-state index is 12.7. The van der Waals surface area contributed by atoms with Gasteiger partial charge in [0.15, 0.2) is 0 Å². The first-order chi connectivity index (χ1) is 9.60. The molecule has 0 aliphatic carbocycles. The van der Waals surface area contributed by atoms with Crippen molar-refractivity contribution in [3.8, 4) is 0 Å². The van der Waals surface area contributed by atoms with Gasteiger partial charge >= 0.3 is 0 Å². The molecule has 0 radical (unpaired) electrons. The highest BCUT2D eigenvalue weighted by Gasteiger charge is 2.38. The summed E-state index contributed by atoms with van der Waals surface area (Å²) in [4.78, 5) is 14.8. The number of rotatable bonds is 1. The van der Waals surface area contributed by atoms with Gasteiger partial charge in [-0.3, -0.25) is 9.48 Å². The maximum Gasteiger partial charge on any atom is 0.257 e. The molecule has 1 atom stereocenters. The van der Waals surface area contributed by atoms with Crippen molar-refractivity contribution in [1.29, 1.82) is 0 Å². The molecule has 2 aliphatic rings. The van der Waals surface area contributed by atoms with E-state index < -0.39 is 0 Å². The van der Waals surface area contributed by atoms with Gasteiger partial charge in [0.1, 0.15) is 0 Å². The number of nitrogens with zero attached hydrogens (tertiary/aromatic N) is 3. The number of hydrogen-bond acceptors (Lipinski definition) is 3. The molecular weight excluding hydrogens is 252 g/mol. The average molecular weight is 276 g/mol. The molecule has 1 aromatic rings. The molecule has 20 heavy (non-hydrogen) atoms. The Morgan fingerprint density at radius 1 is 1.40 bits per heavy atom. The van der Waals surface area contributed by atoms with Crippen molar-refractivity contribution in [3.63, 3.8) is 0 Å². The van der Waals surface area contributed by atoms with Crippen LogP contribution < -0.4 is 5.32 Å². The Bertz CT molecular complexity index is 496. The zero-order valence-electron chi connectivity index (χ0n) is 12.5. The number of aromatic nitrogens is 2. The Balaban J connectivity index is 1.76. The number of carbonyl (C=O) groups excluding carboxylic acids is 1. The van der Waals surface area contributed by atoms with E-state index in [1.807, 2.05) is 25.1 Å². The number of nitrogens with one attached hydrogen (secondary N) is 1. The van der Waals surface area contributed by atoms with E-state index in [9.17, 15) is 4.79 Å². The molecule has 1 amide bonds. The van der Waals surface area contributed by atoms with E-state index in [1.54, 1.807) is 4.68 Å². The van der Waals surface area contributed by atoms with Crippen LogP contribution in [0.2, 0.25) is 0 Å². The zero-order valence-corrected chi connectivity index (χ0v) is 12.5. The van der Waals surface area contributed by atoms with Crippen LogP contribution in [0.15, 0.2) is 6.20 Å². The zero-order chi connectivity index (χ0) is 14.2. The van der Waals surface area contributed by atoms with Crippen LogP contribution in [0, 0.1) is 12.3 Å². The first-order valence-electron chi connectivity index (χ1n) is 7.60. The third-order valence-electron chi connectivity index (χ3n) is 4.75. The molecule has 0 saturated carbocycles. The highest BCUT2D eigenvalue weighted by atomic mass is 16.2. The molecule has 2 fully saturated rings. The van der Waals surface area contributed by atoms with Gasteiger partial charge in [-0.25, -0.2) is 0 Å². The van der Waals surface area contributed by atoms with Gasteiger partial charge in [0.05, 0.1) is 11.3 Å². The van der Waals surface area contributed by atoms with Crippen LogP contribution >= 0.6 is 0 Å². The highest BCUT2D eigenvalue weighted by Crippen LogP contribution is 2.36. The van der Waals surface area contributed by atoms with Gasteiger partial charge in [0.25, 0.3) is 5.91 Å². The SMILES string of the molecule is Cc1nn(C)cc1C(=O)N1CCCC2(CCCNC2)C1. The lowest BCUT2D eigenvalue weighted by molar-refractivity contribution is 0.0433. The van der Waals surface area contributed by atoms with Crippen molar-refractivity contribution >= 4 is 5.91 Å². The van der Waals surface area contributed by atoms with Gasteiger partial charge in [-0.1, -0.05) is 0 Å². The number of carbonyl (C=O) groups is 1. The lowest BCUT2D eigenvalue weighted by Gasteiger charge is -2.45. The second kappa shape index (κ2) is 5.20. The summed E-state index contributed by atoms with van der Waals surface area (Å²) in [5, 5.41) is 7.79. The van der Waals surface area contributed by atoms with E-state index >= 15 is 0 Å². The average Bonchev–Trinajstić information content (AvgIpc) is 2.78. The molecule has 1 N–H and O–H groups in total. The predicted molar refractivity (Wildman–Crippen MR) is 77.6 cm³/mol. The summed E-state index contributed by atoms with van der Waals surface area (Å²) >= 11 is 0. The minimum Gasteiger partial charge on any atom is -0.338 e.